The molecular formula is C16H18N2O4. The zero-order chi connectivity index (χ0) is 16.1. The molecule has 0 radical (unpaired) electrons. The van der Waals surface area contributed by atoms with Crippen LogP contribution in [-0.2, 0) is 4.79 Å². The minimum Gasteiger partial charge on any atom is -0.459 e. The minimum absolute atomic E-state index is 0.00827. The Labute approximate surface area is 128 Å². The first-order chi connectivity index (χ1) is 10.5. The molecule has 6 heteroatoms. The van der Waals surface area contributed by atoms with Gasteiger partial charge in [0.05, 0.1) is 16.5 Å². The van der Waals surface area contributed by atoms with E-state index >= 15 is 0 Å². The molecule has 0 spiro atoms. The summed E-state index contributed by atoms with van der Waals surface area (Å²) in [5, 5.41) is 13.9. The van der Waals surface area contributed by atoms with Crippen LogP contribution < -0.4 is 5.32 Å². The summed E-state index contributed by atoms with van der Waals surface area (Å²) in [6.07, 6.45) is 1.24. The molecule has 1 amide bonds. The van der Waals surface area contributed by atoms with Crippen LogP contribution in [0.4, 0.5) is 5.69 Å². The number of amides is 1. The number of hydrogen-bond donors (Lipinski definition) is 1. The summed E-state index contributed by atoms with van der Waals surface area (Å²) in [5.41, 5.74) is 0.414. The predicted molar refractivity (Wildman–Crippen MR) is 82.3 cm³/mol. The van der Waals surface area contributed by atoms with Crippen LogP contribution >= 0.6 is 0 Å². The summed E-state index contributed by atoms with van der Waals surface area (Å²) >= 11 is 0. The normalized spacial score (nSPS) is 11.9. The van der Waals surface area contributed by atoms with Crippen LogP contribution in [0.15, 0.2) is 40.8 Å². The number of benzene rings is 1. The Bertz CT molecular complexity index is 678. The number of hydrogen-bond acceptors (Lipinski definition) is 4. The summed E-state index contributed by atoms with van der Waals surface area (Å²) in [6, 6.07) is 9.53. The molecule has 116 valence electrons. The van der Waals surface area contributed by atoms with Crippen molar-refractivity contribution in [2.75, 3.05) is 0 Å². The van der Waals surface area contributed by atoms with Crippen LogP contribution in [0.1, 0.15) is 38.5 Å². The quantitative estimate of drug-likeness (QED) is 0.649. The highest BCUT2D eigenvalue weighted by Gasteiger charge is 2.19. The number of carbonyl (C=O) groups is 1. The molecule has 0 aliphatic heterocycles. The molecule has 0 bridgehead atoms. The average Bonchev–Trinajstić information content (AvgIpc) is 2.97. The Morgan fingerprint density at radius 2 is 2.05 bits per heavy atom. The predicted octanol–water partition coefficient (Wildman–Crippen LogP) is 3.83. The average molecular weight is 302 g/mol. The van der Waals surface area contributed by atoms with Crippen molar-refractivity contribution in [3.63, 3.8) is 0 Å². The standard InChI is InChI=1S/C16H18N2O4/c1-3-6-16(19)17-11(2)14-9-10-15(22-14)12-7-4-5-8-13(12)18(20)21/h4-5,7-11H,3,6H2,1-2H3,(H,17,19)/t11-/m0/s1. The molecule has 0 saturated heterocycles. The van der Waals surface area contributed by atoms with E-state index in [9.17, 15) is 14.9 Å². The Morgan fingerprint density at radius 3 is 2.73 bits per heavy atom. The highest BCUT2D eigenvalue weighted by Crippen LogP contribution is 2.32. The maximum Gasteiger partial charge on any atom is 0.280 e. The van der Waals surface area contributed by atoms with Gasteiger partial charge >= 0.3 is 0 Å². The molecule has 0 aliphatic carbocycles. The molecule has 1 N–H and O–H groups in total. The van der Waals surface area contributed by atoms with Gasteiger partial charge in [0.2, 0.25) is 5.91 Å². The summed E-state index contributed by atoms with van der Waals surface area (Å²) < 4.78 is 5.68. The number of nitro groups is 1. The first-order valence-corrected chi connectivity index (χ1v) is 7.15. The molecule has 0 unspecified atom stereocenters. The maximum atomic E-state index is 11.6. The molecule has 1 heterocycles. The number of para-hydroxylation sites is 1. The first kappa shape index (κ1) is 15.8. The van der Waals surface area contributed by atoms with Crippen molar-refractivity contribution in [3.05, 3.63) is 52.3 Å². The lowest BCUT2D eigenvalue weighted by atomic mass is 10.1. The van der Waals surface area contributed by atoms with Crippen molar-refractivity contribution >= 4 is 11.6 Å². The lowest BCUT2D eigenvalue weighted by Gasteiger charge is -2.10. The second kappa shape index (κ2) is 6.89. The second-order valence-corrected chi connectivity index (χ2v) is 5.02. The van der Waals surface area contributed by atoms with E-state index in [0.29, 0.717) is 23.5 Å². The van der Waals surface area contributed by atoms with Crippen molar-refractivity contribution < 1.29 is 14.1 Å². The fourth-order valence-corrected chi connectivity index (χ4v) is 2.18. The monoisotopic (exact) mass is 302 g/mol. The van der Waals surface area contributed by atoms with Gasteiger partial charge in [-0.05, 0) is 31.5 Å². The van der Waals surface area contributed by atoms with Gasteiger partial charge in [-0.2, -0.15) is 0 Å². The van der Waals surface area contributed by atoms with E-state index in [0.717, 1.165) is 6.42 Å². The van der Waals surface area contributed by atoms with E-state index in [-0.39, 0.29) is 17.6 Å². The van der Waals surface area contributed by atoms with Crippen LogP contribution in [0.25, 0.3) is 11.3 Å². The number of carbonyl (C=O) groups excluding carboxylic acids is 1. The van der Waals surface area contributed by atoms with Crippen molar-refractivity contribution in [1.29, 1.82) is 0 Å². The molecule has 1 atom stereocenters. The van der Waals surface area contributed by atoms with Gasteiger partial charge < -0.3 is 9.73 Å². The topological polar surface area (TPSA) is 85.4 Å². The van der Waals surface area contributed by atoms with E-state index in [2.05, 4.69) is 5.32 Å². The number of furan rings is 1. The fraction of sp³-hybridized carbons (Fsp3) is 0.312. The molecule has 0 saturated carbocycles. The lowest BCUT2D eigenvalue weighted by Crippen LogP contribution is -2.25. The second-order valence-electron chi connectivity index (χ2n) is 5.02. The van der Waals surface area contributed by atoms with Gasteiger partial charge in [0.15, 0.2) is 0 Å². The summed E-state index contributed by atoms with van der Waals surface area (Å²) in [6.45, 7) is 3.75. The zero-order valence-electron chi connectivity index (χ0n) is 12.5. The third kappa shape index (κ3) is 3.52. The van der Waals surface area contributed by atoms with Gasteiger partial charge in [0.1, 0.15) is 11.5 Å². The van der Waals surface area contributed by atoms with Gasteiger partial charge in [0.25, 0.3) is 5.69 Å². The van der Waals surface area contributed by atoms with Crippen molar-refractivity contribution in [2.24, 2.45) is 0 Å². The van der Waals surface area contributed by atoms with Crippen LogP contribution in [-0.4, -0.2) is 10.8 Å². The maximum absolute atomic E-state index is 11.6. The van der Waals surface area contributed by atoms with Gasteiger partial charge in [-0.15, -0.1) is 0 Å². The van der Waals surface area contributed by atoms with Crippen LogP contribution in [0, 0.1) is 10.1 Å². The Balaban J connectivity index is 2.22. The number of nitrogens with zero attached hydrogens (tertiary/aromatic N) is 1. The Morgan fingerprint density at radius 1 is 1.32 bits per heavy atom. The lowest BCUT2D eigenvalue weighted by molar-refractivity contribution is -0.384. The largest absolute Gasteiger partial charge is 0.459 e. The summed E-state index contributed by atoms with van der Waals surface area (Å²) in [4.78, 5) is 22.2. The van der Waals surface area contributed by atoms with Crippen LogP contribution in [0.3, 0.4) is 0 Å². The van der Waals surface area contributed by atoms with Crippen LogP contribution in [0.2, 0.25) is 0 Å². The van der Waals surface area contributed by atoms with Crippen LogP contribution in [0.5, 0.6) is 0 Å². The number of nitro benzene ring substituents is 1. The first-order valence-electron chi connectivity index (χ1n) is 7.15. The highest BCUT2D eigenvalue weighted by atomic mass is 16.6. The molecular weight excluding hydrogens is 284 g/mol. The van der Waals surface area contributed by atoms with Crippen molar-refractivity contribution in [3.8, 4) is 11.3 Å². The Hall–Kier alpha value is -2.63. The van der Waals surface area contributed by atoms with E-state index in [4.69, 9.17) is 4.42 Å². The number of rotatable bonds is 6. The molecule has 2 rings (SSSR count). The fourth-order valence-electron chi connectivity index (χ4n) is 2.18. The number of nitrogens with one attached hydrogen (secondary N) is 1. The Kier molecular flexibility index (Phi) is 4.93. The SMILES string of the molecule is CCCC(=O)N[C@@H](C)c1ccc(-c2ccccc2[N+](=O)[O-])o1. The third-order valence-corrected chi connectivity index (χ3v) is 3.27. The minimum atomic E-state index is -0.440. The molecule has 2 aromatic rings. The van der Waals surface area contributed by atoms with Crippen molar-refractivity contribution in [1.82, 2.24) is 5.32 Å². The molecule has 1 aromatic heterocycles. The van der Waals surface area contributed by atoms with Gasteiger partial charge in [-0.3, -0.25) is 14.9 Å². The summed E-state index contributed by atoms with van der Waals surface area (Å²) in [7, 11) is 0. The smallest absolute Gasteiger partial charge is 0.280 e. The molecule has 22 heavy (non-hydrogen) atoms. The molecule has 6 nitrogen and oxygen atoms in total. The molecule has 0 fully saturated rings. The summed E-state index contributed by atoms with van der Waals surface area (Å²) in [5.74, 6) is 0.940. The zero-order valence-corrected chi connectivity index (χ0v) is 12.5. The third-order valence-electron chi connectivity index (χ3n) is 3.27. The molecule has 1 aromatic carbocycles. The van der Waals surface area contributed by atoms with E-state index in [1.54, 1.807) is 30.3 Å². The van der Waals surface area contributed by atoms with E-state index in [1.165, 1.54) is 6.07 Å². The molecule has 0 aliphatic rings. The van der Waals surface area contributed by atoms with Gasteiger partial charge in [-0.25, -0.2) is 0 Å². The van der Waals surface area contributed by atoms with Gasteiger partial charge in [-0.1, -0.05) is 19.1 Å². The van der Waals surface area contributed by atoms with E-state index < -0.39 is 4.92 Å². The highest BCUT2D eigenvalue weighted by molar-refractivity contribution is 5.76. The van der Waals surface area contributed by atoms with Gasteiger partial charge in [0, 0.05) is 12.5 Å². The van der Waals surface area contributed by atoms with E-state index in [1.807, 2.05) is 13.8 Å². The van der Waals surface area contributed by atoms with Crippen molar-refractivity contribution in [2.45, 2.75) is 32.7 Å².